The molecule has 1 heterocycles. The second-order valence-electron chi connectivity index (χ2n) is 5.77. The number of nitrogens with zero attached hydrogens (tertiary/aromatic N) is 1. The molecule has 0 fully saturated rings. The number of amides is 1. The fraction of sp³-hybridized carbons (Fsp3) is 0.333. The third-order valence-corrected chi connectivity index (χ3v) is 3.66. The smallest absolute Gasteiger partial charge is 0.251 e. The minimum absolute atomic E-state index is 0.0229. The van der Waals surface area contributed by atoms with Crippen LogP contribution in [0.1, 0.15) is 23.6 Å². The van der Waals surface area contributed by atoms with Gasteiger partial charge < -0.3 is 9.88 Å². The van der Waals surface area contributed by atoms with E-state index in [2.05, 4.69) is 24.4 Å². The Morgan fingerprint density at radius 1 is 1.23 bits per heavy atom. The molecule has 0 bridgehead atoms. The molecule has 0 radical (unpaired) electrons. The second-order valence-corrected chi connectivity index (χ2v) is 5.77. The van der Waals surface area contributed by atoms with Crippen LogP contribution in [0.15, 0.2) is 47.4 Å². The van der Waals surface area contributed by atoms with Gasteiger partial charge in [-0.15, -0.1) is 0 Å². The van der Waals surface area contributed by atoms with Crippen LogP contribution in [0.4, 0.5) is 0 Å². The summed E-state index contributed by atoms with van der Waals surface area (Å²) in [5.74, 6) is -0.146. The van der Waals surface area contributed by atoms with Gasteiger partial charge >= 0.3 is 0 Å². The molecule has 1 atom stereocenters. The van der Waals surface area contributed by atoms with Gasteiger partial charge in [0.15, 0.2) is 0 Å². The molecule has 0 spiro atoms. The minimum atomic E-state index is -0.151. The number of benzene rings is 1. The maximum atomic E-state index is 12.1. The lowest BCUT2D eigenvalue weighted by Gasteiger charge is -2.16. The van der Waals surface area contributed by atoms with E-state index in [-0.39, 0.29) is 24.1 Å². The molecule has 0 saturated carbocycles. The van der Waals surface area contributed by atoms with Gasteiger partial charge in [0.05, 0.1) is 0 Å². The Kier molecular flexibility index (Phi) is 5.15. The number of pyridine rings is 1. The van der Waals surface area contributed by atoms with Gasteiger partial charge in [0.25, 0.3) is 5.56 Å². The molecule has 0 unspecified atom stereocenters. The average molecular weight is 298 g/mol. The van der Waals surface area contributed by atoms with E-state index in [0.29, 0.717) is 0 Å². The van der Waals surface area contributed by atoms with Crippen LogP contribution in [0.2, 0.25) is 0 Å². The molecule has 2 aromatic rings. The topological polar surface area (TPSA) is 51.1 Å². The van der Waals surface area contributed by atoms with Crippen LogP contribution in [0, 0.1) is 13.8 Å². The number of hydrogen-bond donors (Lipinski definition) is 1. The Morgan fingerprint density at radius 3 is 2.64 bits per heavy atom. The molecule has 0 aliphatic rings. The molecule has 0 aliphatic heterocycles. The van der Waals surface area contributed by atoms with Crippen LogP contribution in [0.5, 0.6) is 0 Å². The predicted molar refractivity (Wildman–Crippen MR) is 87.9 cm³/mol. The molecule has 0 saturated heterocycles. The molecule has 1 aromatic carbocycles. The number of nitrogens with one attached hydrogen (secondary N) is 1. The first-order valence-electron chi connectivity index (χ1n) is 7.46. The van der Waals surface area contributed by atoms with Gasteiger partial charge in [0, 0.05) is 18.3 Å². The highest BCUT2D eigenvalue weighted by molar-refractivity contribution is 5.76. The van der Waals surface area contributed by atoms with Gasteiger partial charge in [0.2, 0.25) is 5.91 Å². The largest absolute Gasteiger partial charge is 0.352 e. The van der Waals surface area contributed by atoms with Crippen molar-refractivity contribution >= 4 is 5.91 Å². The van der Waals surface area contributed by atoms with Crippen molar-refractivity contribution in [3.63, 3.8) is 0 Å². The van der Waals surface area contributed by atoms with Gasteiger partial charge in [-0.2, -0.15) is 0 Å². The van der Waals surface area contributed by atoms with E-state index in [9.17, 15) is 9.59 Å². The zero-order valence-corrected chi connectivity index (χ0v) is 13.3. The van der Waals surface area contributed by atoms with E-state index in [1.165, 1.54) is 21.8 Å². The third-order valence-electron chi connectivity index (χ3n) is 3.66. The fourth-order valence-corrected chi connectivity index (χ4v) is 2.43. The summed E-state index contributed by atoms with van der Waals surface area (Å²) in [5, 5.41) is 2.95. The first-order valence-corrected chi connectivity index (χ1v) is 7.46. The summed E-state index contributed by atoms with van der Waals surface area (Å²) >= 11 is 0. The molecule has 1 N–H and O–H groups in total. The van der Waals surface area contributed by atoms with Crippen molar-refractivity contribution in [2.75, 3.05) is 0 Å². The van der Waals surface area contributed by atoms with Gasteiger partial charge in [-0.25, -0.2) is 0 Å². The first kappa shape index (κ1) is 16.0. The van der Waals surface area contributed by atoms with Crippen molar-refractivity contribution in [3.8, 4) is 0 Å². The van der Waals surface area contributed by atoms with Crippen LogP contribution in [0.3, 0.4) is 0 Å². The Labute approximate surface area is 130 Å². The lowest BCUT2D eigenvalue weighted by atomic mass is 10.0. The minimum Gasteiger partial charge on any atom is -0.352 e. The van der Waals surface area contributed by atoms with Crippen LogP contribution in [-0.4, -0.2) is 16.5 Å². The Bertz CT molecular complexity index is 719. The maximum Gasteiger partial charge on any atom is 0.251 e. The maximum absolute atomic E-state index is 12.1. The van der Waals surface area contributed by atoms with Crippen molar-refractivity contribution in [3.05, 3.63) is 69.6 Å². The van der Waals surface area contributed by atoms with Gasteiger partial charge in [-0.05, 0) is 49.9 Å². The monoisotopic (exact) mass is 298 g/mol. The van der Waals surface area contributed by atoms with Crippen molar-refractivity contribution in [2.45, 2.75) is 39.8 Å². The Hall–Kier alpha value is -2.36. The molecule has 116 valence electrons. The SMILES string of the molecule is Cc1ccn(CC(=O)N[C@@H](C)Cc2ccccc2C)c(=O)c1. The first-order chi connectivity index (χ1) is 10.5. The Morgan fingerprint density at radius 2 is 1.95 bits per heavy atom. The van der Waals surface area contributed by atoms with Crippen molar-refractivity contribution < 1.29 is 4.79 Å². The molecule has 4 nitrogen and oxygen atoms in total. The van der Waals surface area contributed by atoms with Crippen LogP contribution >= 0.6 is 0 Å². The summed E-state index contributed by atoms with van der Waals surface area (Å²) in [6, 6.07) is 11.5. The molecular weight excluding hydrogens is 276 g/mol. The van der Waals surface area contributed by atoms with E-state index in [1.807, 2.05) is 32.0 Å². The summed E-state index contributed by atoms with van der Waals surface area (Å²) in [6.45, 7) is 5.95. The quantitative estimate of drug-likeness (QED) is 0.920. The zero-order chi connectivity index (χ0) is 16.1. The number of aryl methyl sites for hydroxylation is 2. The molecule has 2 rings (SSSR count). The molecular formula is C18H22N2O2. The summed E-state index contributed by atoms with van der Waals surface area (Å²) in [6.07, 6.45) is 2.43. The average Bonchev–Trinajstić information content (AvgIpc) is 2.44. The van der Waals surface area contributed by atoms with E-state index in [0.717, 1.165) is 12.0 Å². The highest BCUT2D eigenvalue weighted by atomic mass is 16.2. The molecule has 1 amide bonds. The predicted octanol–water partition coefficient (Wildman–Crippen LogP) is 2.21. The van der Waals surface area contributed by atoms with E-state index < -0.39 is 0 Å². The summed E-state index contributed by atoms with van der Waals surface area (Å²) in [5.41, 5.74) is 3.19. The molecule has 0 aliphatic carbocycles. The number of aromatic nitrogens is 1. The van der Waals surface area contributed by atoms with Gasteiger partial charge in [-0.1, -0.05) is 24.3 Å². The number of rotatable bonds is 5. The van der Waals surface area contributed by atoms with Crippen molar-refractivity contribution in [1.29, 1.82) is 0 Å². The standard InChI is InChI=1S/C18H22N2O2/c1-13-8-9-20(18(22)10-13)12-17(21)19-15(3)11-16-7-5-4-6-14(16)2/h4-10,15H,11-12H2,1-3H3,(H,19,21)/t15-/m0/s1. The molecule has 1 aromatic heterocycles. The number of carbonyl (C=O) groups is 1. The highest BCUT2D eigenvalue weighted by Crippen LogP contribution is 2.09. The number of hydrogen-bond acceptors (Lipinski definition) is 2. The molecule has 22 heavy (non-hydrogen) atoms. The highest BCUT2D eigenvalue weighted by Gasteiger charge is 2.10. The van der Waals surface area contributed by atoms with E-state index in [4.69, 9.17) is 0 Å². The van der Waals surface area contributed by atoms with Crippen molar-refractivity contribution in [2.24, 2.45) is 0 Å². The fourth-order valence-electron chi connectivity index (χ4n) is 2.43. The van der Waals surface area contributed by atoms with Crippen LogP contribution in [0.25, 0.3) is 0 Å². The van der Waals surface area contributed by atoms with Crippen molar-refractivity contribution in [1.82, 2.24) is 9.88 Å². The Balaban J connectivity index is 1.94. The second kappa shape index (κ2) is 7.07. The van der Waals surface area contributed by atoms with Gasteiger partial charge in [-0.3, -0.25) is 9.59 Å². The molecule has 4 heteroatoms. The lowest BCUT2D eigenvalue weighted by Crippen LogP contribution is -2.38. The van der Waals surface area contributed by atoms with Crippen LogP contribution in [-0.2, 0) is 17.8 Å². The third kappa shape index (κ3) is 4.32. The summed E-state index contributed by atoms with van der Waals surface area (Å²) < 4.78 is 1.42. The normalized spacial score (nSPS) is 12.0. The number of carbonyl (C=O) groups excluding carboxylic acids is 1. The van der Waals surface area contributed by atoms with E-state index >= 15 is 0 Å². The summed E-state index contributed by atoms with van der Waals surface area (Å²) in [7, 11) is 0. The van der Waals surface area contributed by atoms with E-state index in [1.54, 1.807) is 6.20 Å². The van der Waals surface area contributed by atoms with Gasteiger partial charge in [0.1, 0.15) is 6.54 Å². The summed E-state index contributed by atoms with van der Waals surface area (Å²) in [4.78, 5) is 23.8. The zero-order valence-electron chi connectivity index (χ0n) is 13.3. The lowest BCUT2D eigenvalue weighted by molar-refractivity contribution is -0.122. The van der Waals surface area contributed by atoms with Crippen LogP contribution < -0.4 is 10.9 Å².